The van der Waals surface area contributed by atoms with Crippen LogP contribution in [-0.2, 0) is 25.6 Å². The first-order valence-electron chi connectivity index (χ1n) is 10.9. The first-order valence-corrected chi connectivity index (χ1v) is 10.9. The molecular weight excluding hydrogens is 446 g/mol. The number of carboxylic acid groups (broad SMARTS) is 1. The molecule has 0 aliphatic heterocycles. The Labute approximate surface area is 197 Å². The van der Waals surface area contributed by atoms with Crippen molar-refractivity contribution in [3.8, 4) is 0 Å². The van der Waals surface area contributed by atoms with Crippen molar-refractivity contribution in [1.82, 2.24) is 25.9 Å². The van der Waals surface area contributed by atoms with E-state index >= 15 is 0 Å². The molecule has 0 aliphatic carbocycles. The molecule has 3 unspecified atom stereocenters. The number of carboxylic acids is 1. The van der Waals surface area contributed by atoms with E-state index in [-0.39, 0.29) is 31.1 Å². The number of amides is 3. The fourth-order valence-electron chi connectivity index (χ4n) is 3.02. The number of nitrogens with one attached hydrogen (secondary N) is 4. The van der Waals surface area contributed by atoms with Gasteiger partial charge in [-0.1, -0.05) is 13.8 Å². The third-order valence-corrected chi connectivity index (χ3v) is 4.67. The summed E-state index contributed by atoms with van der Waals surface area (Å²) >= 11 is 0. The minimum atomic E-state index is -1.21. The highest BCUT2D eigenvalue weighted by molar-refractivity contribution is 5.93. The van der Waals surface area contributed by atoms with Crippen LogP contribution >= 0.6 is 0 Å². The third-order valence-electron chi connectivity index (χ3n) is 4.67. The van der Waals surface area contributed by atoms with Crippen LogP contribution in [0.2, 0.25) is 0 Å². The molecule has 0 fully saturated rings. The lowest BCUT2D eigenvalue weighted by atomic mass is 10.0. The van der Waals surface area contributed by atoms with Crippen molar-refractivity contribution in [3.05, 3.63) is 18.2 Å². The Kier molecular flexibility index (Phi) is 12.1. The lowest BCUT2D eigenvalue weighted by Crippen LogP contribution is -2.57. The maximum absolute atomic E-state index is 13.1. The first kappa shape index (κ1) is 28.4. The number of H-pyrrole nitrogens is 1. The number of carbonyl (C=O) groups is 4. The standard InChI is InChI=1S/C20H35N9O5/c1-11(2)6-14(18(33)26-9-16(30)31)29-19(34)15(7-12-8-24-10-27-12)28-17(32)13(21)4-3-5-25-20(22)23/h8,10-11,13-15H,3-7,9,21H2,1-2H3,(H,24,27)(H,26,33)(H,28,32)(H,29,34)(H,30,31)(H4,22,23,25). The summed E-state index contributed by atoms with van der Waals surface area (Å²) in [6.07, 6.45) is 4.03. The molecular formula is C20H35N9O5. The Balaban J connectivity index is 2.88. The normalized spacial score (nSPS) is 13.4. The molecule has 1 aromatic rings. The maximum Gasteiger partial charge on any atom is 0.322 e. The number of nitrogens with zero attached hydrogens (tertiary/aromatic N) is 2. The Morgan fingerprint density at radius 2 is 1.79 bits per heavy atom. The highest BCUT2D eigenvalue weighted by Crippen LogP contribution is 2.07. The zero-order valence-electron chi connectivity index (χ0n) is 19.4. The van der Waals surface area contributed by atoms with Crippen LogP contribution in [0.5, 0.6) is 0 Å². The minimum absolute atomic E-state index is 0.0279. The molecule has 3 amide bonds. The Hall–Kier alpha value is -3.68. The number of guanidine groups is 1. The number of aliphatic imine (C=N–C) groups is 1. The van der Waals surface area contributed by atoms with Gasteiger partial charge in [-0.2, -0.15) is 0 Å². The van der Waals surface area contributed by atoms with Gasteiger partial charge in [-0.25, -0.2) is 4.98 Å². The molecule has 1 aromatic heterocycles. The fourth-order valence-corrected chi connectivity index (χ4v) is 3.02. The second kappa shape index (κ2) is 14.5. The second-order valence-electron chi connectivity index (χ2n) is 8.20. The summed E-state index contributed by atoms with van der Waals surface area (Å²) in [5, 5.41) is 16.3. The Morgan fingerprint density at radius 3 is 2.35 bits per heavy atom. The molecule has 3 atom stereocenters. The van der Waals surface area contributed by atoms with E-state index in [0.29, 0.717) is 18.7 Å². The van der Waals surface area contributed by atoms with E-state index in [1.54, 1.807) is 0 Å². The van der Waals surface area contributed by atoms with Crippen molar-refractivity contribution >= 4 is 29.7 Å². The van der Waals surface area contributed by atoms with Gasteiger partial charge in [-0.3, -0.25) is 24.2 Å². The number of aliphatic carboxylic acids is 1. The molecule has 190 valence electrons. The molecule has 0 aromatic carbocycles. The van der Waals surface area contributed by atoms with Gasteiger partial charge in [-0.05, 0) is 25.2 Å². The molecule has 0 spiro atoms. The monoisotopic (exact) mass is 481 g/mol. The van der Waals surface area contributed by atoms with Crippen LogP contribution in [0.25, 0.3) is 0 Å². The molecule has 0 aliphatic rings. The first-order chi connectivity index (χ1) is 16.0. The van der Waals surface area contributed by atoms with E-state index < -0.39 is 48.4 Å². The van der Waals surface area contributed by atoms with E-state index in [9.17, 15) is 19.2 Å². The lowest BCUT2D eigenvalue weighted by molar-refractivity contribution is -0.138. The Bertz CT molecular complexity index is 837. The number of hydrogen-bond acceptors (Lipinski definition) is 7. The number of aromatic amines is 1. The van der Waals surface area contributed by atoms with Crippen molar-refractivity contribution < 1.29 is 24.3 Å². The van der Waals surface area contributed by atoms with Gasteiger partial charge in [0, 0.05) is 24.9 Å². The topological polar surface area (TPSA) is 244 Å². The second-order valence-corrected chi connectivity index (χ2v) is 8.20. The van der Waals surface area contributed by atoms with Gasteiger partial charge in [0.25, 0.3) is 0 Å². The zero-order chi connectivity index (χ0) is 25.7. The summed E-state index contributed by atoms with van der Waals surface area (Å²) in [5.41, 5.74) is 17.1. The van der Waals surface area contributed by atoms with Crippen LogP contribution in [0.1, 0.15) is 38.8 Å². The SMILES string of the molecule is CC(C)CC(NC(=O)C(Cc1cnc[nH]1)NC(=O)C(N)CCCN=C(N)N)C(=O)NCC(=O)O. The van der Waals surface area contributed by atoms with Crippen LogP contribution in [0.4, 0.5) is 0 Å². The van der Waals surface area contributed by atoms with E-state index in [1.165, 1.54) is 12.5 Å². The molecule has 0 saturated carbocycles. The van der Waals surface area contributed by atoms with Crippen molar-refractivity contribution in [3.63, 3.8) is 0 Å². The molecule has 1 rings (SSSR count). The van der Waals surface area contributed by atoms with E-state index in [2.05, 4.69) is 30.9 Å². The highest BCUT2D eigenvalue weighted by Gasteiger charge is 2.29. The quantitative estimate of drug-likeness (QED) is 0.0751. The van der Waals surface area contributed by atoms with Crippen molar-refractivity contribution in [1.29, 1.82) is 0 Å². The van der Waals surface area contributed by atoms with Crippen LogP contribution in [0.3, 0.4) is 0 Å². The molecule has 14 nitrogen and oxygen atoms in total. The van der Waals surface area contributed by atoms with Crippen molar-refractivity contribution in [2.45, 2.75) is 57.7 Å². The number of hydrogen-bond donors (Lipinski definition) is 8. The molecule has 0 bridgehead atoms. The smallest absolute Gasteiger partial charge is 0.322 e. The zero-order valence-corrected chi connectivity index (χ0v) is 19.4. The van der Waals surface area contributed by atoms with Gasteiger partial charge in [0.15, 0.2) is 5.96 Å². The summed E-state index contributed by atoms with van der Waals surface area (Å²) in [4.78, 5) is 59.5. The lowest BCUT2D eigenvalue weighted by Gasteiger charge is -2.24. The third kappa shape index (κ3) is 11.3. The summed E-state index contributed by atoms with van der Waals surface area (Å²) < 4.78 is 0. The van der Waals surface area contributed by atoms with Crippen molar-refractivity contribution in [2.24, 2.45) is 28.1 Å². The predicted octanol–water partition coefficient (Wildman–Crippen LogP) is -2.45. The number of aromatic nitrogens is 2. The average molecular weight is 482 g/mol. The van der Waals surface area contributed by atoms with Crippen LogP contribution in [-0.4, -0.2) is 75.9 Å². The predicted molar refractivity (Wildman–Crippen MR) is 124 cm³/mol. The van der Waals surface area contributed by atoms with Gasteiger partial charge < -0.3 is 43.2 Å². The summed E-state index contributed by atoms with van der Waals surface area (Å²) in [7, 11) is 0. The summed E-state index contributed by atoms with van der Waals surface area (Å²) in [6.45, 7) is 3.44. The maximum atomic E-state index is 13.1. The van der Waals surface area contributed by atoms with E-state index in [1.807, 2.05) is 13.8 Å². The van der Waals surface area contributed by atoms with E-state index in [4.69, 9.17) is 22.3 Å². The number of rotatable bonds is 15. The number of imidazole rings is 1. The molecule has 0 radical (unpaired) electrons. The molecule has 0 saturated heterocycles. The van der Waals surface area contributed by atoms with Crippen LogP contribution in [0.15, 0.2) is 17.5 Å². The largest absolute Gasteiger partial charge is 0.480 e. The van der Waals surface area contributed by atoms with Gasteiger partial charge in [-0.15, -0.1) is 0 Å². The number of nitrogens with two attached hydrogens (primary N) is 3. The summed E-state index contributed by atoms with van der Waals surface area (Å²) in [6, 6.07) is -2.95. The number of carbonyl (C=O) groups excluding carboxylic acids is 3. The average Bonchev–Trinajstić information content (AvgIpc) is 3.26. The van der Waals surface area contributed by atoms with Gasteiger partial charge >= 0.3 is 5.97 Å². The molecule has 14 heteroatoms. The van der Waals surface area contributed by atoms with Gasteiger partial charge in [0.2, 0.25) is 17.7 Å². The van der Waals surface area contributed by atoms with Crippen LogP contribution < -0.4 is 33.2 Å². The fraction of sp³-hybridized carbons (Fsp3) is 0.600. The van der Waals surface area contributed by atoms with E-state index in [0.717, 1.165) is 0 Å². The minimum Gasteiger partial charge on any atom is -0.480 e. The van der Waals surface area contributed by atoms with Gasteiger partial charge in [0.05, 0.1) is 12.4 Å². The van der Waals surface area contributed by atoms with Gasteiger partial charge in [0.1, 0.15) is 18.6 Å². The summed E-state index contributed by atoms with van der Waals surface area (Å²) in [5.74, 6) is -3.04. The van der Waals surface area contributed by atoms with Crippen molar-refractivity contribution in [2.75, 3.05) is 13.1 Å². The molecule has 1 heterocycles. The highest BCUT2D eigenvalue weighted by atomic mass is 16.4. The Morgan fingerprint density at radius 1 is 1.12 bits per heavy atom. The molecule has 11 N–H and O–H groups in total. The molecule has 34 heavy (non-hydrogen) atoms. The van der Waals surface area contributed by atoms with Crippen LogP contribution in [0, 0.1) is 5.92 Å².